The van der Waals surface area contributed by atoms with Crippen molar-refractivity contribution >= 4 is 25.6 Å². The zero-order chi connectivity index (χ0) is 26.7. The number of hydrogen-bond acceptors (Lipinski definition) is 10. The lowest BCUT2D eigenvalue weighted by Gasteiger charge is -2.20. The fourth-order valence-electron chi connectivity index (χ4n) is 3.40. The Kier molecular flexibility index (Phi) is 17.9. The third-order valence-corrected chi connectivity index (χ3v) is 6.90. The number of hydroxylamine groups is 2. The van der Waals surface area contributed by atoms with Crippen molar-refractivity contribution in [2.75, 3.05) is 40.1 Å². The van der Waals surface area contributed by atoms with Crippen LogP contribution >= 0.6 is 7.82 Å². The highest BCUT2D eigenvalue weighted by Crippen LogP contribution is 2.50. The molecule has 0 aromatic rings. The summed E-state index contributed by atoms with van der Waals surface area (Å²) in [7, 11) is -2.02. The Bertz CT molecular complexity index is 672. The van der Waals surface area contributed by atoms with Crippen molar-refractivity contribution in [3.63, 3.8) is 0 Å². The Labute approximate surface area is 215 Å². The average molecular weight is 538 g/mol. The summed E-state index contributed by atoms with van der Waals surface area (Å²) in [5.41, 5.74) is 0. The number of ether oxygens (including phenoxy) is 2. The molecule has 12 heteroatoms. The van der Waals surface area contributed by atoms with Gasteiger partial charge in [0, 0.05) is 26.4 Å². The molecule has 1 aliphatic heterocycles. The summed E-state index contributed by atoms with van der Waals surface area (Å²) >= 11 is 0. The number of phosphoric ester groups is 1. The molecule has 1 atom stereocenters. The summed E-state index contributed by atoms with van der Waals surface area (Å²) in [4.78, 5) is 39.4. The first-order valence-corrected chi connectivity index (χ1v) is 14.4. The highest BCUT2D eigenvalue weighted by molar-refractivity contribution is 7.48. The van der Waals surface area contributed by atoms with Gasteiger partial charge in [0.2, 0.25) is 0 Å². The van der Waals surface area contributed by atoms with Gasteiger partial charge in [-0.05, 0) is 26.7 Å². The third kappa shape index (κ3) is 15.7. The number of imide groups is 1. The first-order chi connectivity index (χ1) is 17.3. The molecule has 210 valence electrons. The van der Waals surface area contributed by atoms with E-state index in [2.05, 4.69) is 0 Å². The predicted octanol–water partition coefficient (Wildman–Crippen LogP) is 4.72. The van der Waals surface area contributed by atoms with Crippen molar-refractivity contribution in [1.29, 1.82) is 0 Å². The highest BCUT2D eigenvalue weighted by atomic mass is 31.2. The van der Waals surface area contributed by atoms with Crippen molar-refractivity contribution in [1.82, 2.24) is 5.06 Å². The van der Waals surface area contributed by atoms with Gasteiger partial charge in [-0.3, -0.25) is 23.2 Å². The fourth-order valence-corrected chi connectivity index (χ4v) is 4.76. The van der Waals surface area contributed by atoms with Crippen molar-refractivity contribution in [2.45, 2.75) is 97.0 Å². The standard InChI is InChI=1S/C24H44NO10P/c1-21(2)35-36(29,33-20-19-31-18-17-30-3)32-16-12-10-8-6-4-5-7-9-11-13-24(28)34-25-22(26)14-15-23(25)27/h21H,4-20H2,1-3H3. The molecule has 1 saturated heterocycles. The average Bonchev–Trinajstić information content (AvgIpc) is 3.13. The van der Waals surface area contributed by atoms with Crippen LogP contribution in [0.15, 0.2) is 0 Å². The van der Waals surface area contributed by atoms with Crippen molar-refractivity contribution in [3.05, 3.63) is 0 Å². The molecule has 0 aromatic heterocycles. The van der Waals surface area contributed by atoms with Crippen LogP contribution in [0.2, 0.25) is 0 Å². The lowest BCUT2D eigenvalue weighted by molar-refractivity contribution is -0.197. The number of amides is 2. The molecule has 1 heterocycles. The van der Waals surface area contributed by atoms with Crippen molar-refractivity contribution in [3.8, 4) is 0 Å². The topological polar surface area (TPSA) is 127 Å². The van der Waals surface area contributed by atoms with E-state index < -0.39 is 25.6 Å². The maximum Gasteiger partial charge on any atom is 0.475 e. The smallest absolute Gasteiger partial charge is 0.382 e. The maximum absolute atomic E-state index is 12.7. The summed E-state index contributed by atoms with van der Waals surface area (Å²) < 4.78 is 39.1. The van der Waals surface area contributed by atoms with Gasteiger partial charge in [-0.1, -0.05) is 44.9 Å². The predicted molar refractivity (Wildman–Crippen MR) is 132 cm³/mol. The second-order valence-corrected chi connectivity index (χ2v) is 10.5. The first kappa shape index (κ1) is 32.7. The van der Waals surface area contributed by atoms with E-state index in [1.165, 1.54) is 0 Å². The molecule has 1 fully saturated rings. The molecule has 1 rings (SSSR count). The van der Waals surface area contributed by atoms with E-state index in [1.54, 1.807) is 21.0 Å². The Hall–Kier alpha value is -1.36. The quantitative estimate of drug-likeness (QED) is 0.103. The van der Waals surface area contributed by atoms with Gasteiger partial charge in [0.1, 0.15) is 0 Å². The van der Waals surface area contributed by atoms with Crippen LogP contribution in [0.4, 0.5) is 0 Å². The van der Waals surface area contributed by atoms with Gasteiger partial charge < -0.3 is 14.3 Å². The molecule has 0 spiro atoms. The summed E-state index contributed by atoms with van der Waals surface area (Å²) in [6, 6.07) is 0. The van der Waals surface area contributed by atoms with Gasteiger partial charge in [0.15, 0.2) is 0 Å². The number of hydrogen-bond donors (Lipinski definition) is 0. The molecule has 0 radical (unpaired) electrons. The first-order valence-electron chi connectivity index (χ1n) is 13.0. The molecule has 0 aliphatic carbocycles. The summed E-state index contributed by atoms with van der Waals surface area (Å²) in [6.45, 7) is 5.18. The molecule has 36 heavy (non-hydrogen) atoms. The number of unbranched alkanes of at least 4 members (excludes halogenated alkanes) is 8. The lowest BCUT2D eigenvalue weighted by Crippen LogP contribution is -2.31. The minimum absolute atomic E-state index is 0.104. The monoisotopic (exact) mass is 537 g/mol. The molecule has 1 unspecified atom stereocenters. The van der Waals surface area contributed by atoms with Crippen molar-refractivity contribution < 1.29 is 46.8 Å². The van der Waals surface area contributed by atoms with Crippen LogP contribution in [0.1, 0.15) is 90.9 Å². The molecule has 0 bridgehead atoms. The van der Waals surface area contributed by atoms with Crippen LogP contribution in [-0.4, -0.2) is 69.1 Å². The molecule has 0 saturated carbocycles. The van der Waals surface area contributed by atoms with Crippen molar-refractivity contribution in [2.24, 2.45) is 0 Å². The number of methoxy groups -OCH3 is 1. The second kappa shape index (κ2) is 19.7. The van der Waals surface area contributed by atoms with Crippen LogP contribution in [-0.2, 0) is 46.8 Å². The Morgan fingerprint density at radius 3 is 1.92 bits per heavy atom. The van der Waals surface area contributed by atoms with Gasteiger partial charge in [-0.2, -0.15) is 0 Å². The normalized spacial score (nSPS) is 15.6. The summed E-state index contributed by atoms with van der Waals surface area (Å²) in [5, 5.41) is 0.595. The lowest BCUT2D eigenvalue weighted by atomic mass is 10.1. The van der Waals surface area contributed by atoms with Crippen LogP contribution in [0.25, 0.3) is 0 Å². The Balaban J connectivity index is 1.99. The Morgan fingerprint density at radius 2 is 1.33 bits per heavy atom. The Morgan fingerprint density at radius 1 is 0.806 bits per heavy atom. The van der Waals surface area contributed by atoms with E-state index in [0.29, 0.717) is 31.3 Å². The molecule has 11 nitrogen and oxygen atoms in total. The number of phosphoric acid groups is 1. The molecular formula is C24H44NO10P. The minimum Gasteiger partial charge on any atom is -0.382 e. The number of carbonyl (C=O) groups is 3. The number of nitrogens with zero attached hydrogens (tertiary/aromatic N) is 1. The zero-order valence-corrected chi connectivity index (χ0v) is 23.0. The molecular weight excluding hydrogens is 493 g/mol. The zero-order valence-electron chi connectivity index (χ0n) is 22.1. The summed E-state index contributed by atoms with van der Waals surface area (Å²) in [5.74, 6) is -1.44. The van der Waals surface area contributed by atoms with Gasteiger partial charge >= 0.3 is 13.8 Å². The van der Waals surface area contributed by atoms with E-state index in [1.807, 2.05) is 0 Å². The van der Waals surface area contributed by atoms with Crippen LogP contribution in [0.5, 0.6) is 0 Å². The minimum atomic E-state index is -3.61. The van der Waals surface area contributed by atoms with Gasteiger partial charge in [-0.15, -0.1) is 5.06 Å². The number of carbonyl (C=O) groups excluding carboxylic acids is 3. The largest absolute Gasteiger partial charge is 0.475 e. The van der Waals surface area contributed by atoms with E-state index in [9.17, 15) is 18.9 Å². The molecule has 0 aromatic carbocycles. The van der Waals surface area contributed by atoms with E-state index >= 15 is 0 Å². The SMILES string of the molecule is COCCOCCOP(=O)(OCCCCCCCCCCCC(=O)ON1C(=O)CCC1=O)OC(C)C. The van der Waals surface area contributed by atoms with E-state index in [-0.39, 0.29) is 38.6 Å². The molecule has 2 amide bonds. The van der Waals surface area contributed by atoms with Gasteiger partial charge in [0.05, 0.1) is 39.1 Å². The fraction of sp³-hybridized carbons (Fsp3) is 0.875. The van der Waals surface area contributed by atoms with Gasteiger partial charge in [0.25, 0.3) is 11.8 Å². The molecule has 0 N–H and O–H groups in total. The number of rotatable bonds is 23. The third-order valence-electron chi connectivity index (χ3n) is 5.22. The summed E-state index contributed by atoms with van der Waals surface area (Å²) in [6.07, 6.45) is 8.76. The van der Waals surface area contributed by atoms with Gasteiger partial charge in [-0.25, -0.2) is 9.36 Å². The second-order valence-electron chi connectivity index (χ2n) is 8.85. The van der Waals surface area contributed by atoms with Crippen LogP contribution in [0, 0.1) is 0 Å². The van der Waals surface area contributed by atoms with E-state index in [0.717, 1.165) is 51.4 Å². The van der Waals surface area contributed by atoms with Crippen LogP contribution in [0.3, 0.4) is 0 Å². The van der Waals surface area contributed by atoms with E-state index in [4.69, 9.17) is 27.9 Å². The highest BCUT2D eigenvalue weighted by Gasteiger charge is 2.32. The maximum atomic E-state index is 12.7. The van der Waals surface area contributed by atoms with Crippen LogP contribution < -0.4 is 0 Å². The molecule has 1 aliphatic rings.